The van der Waals surface area contributed by atoms with Crippen molar-refractivity contribution >= 4 is 27.6 Å². The Morgan fingerprint density at radius 1 is 1.03 bits per heavy atom. The van der Waals surface area contributed by atoms with E-state index < -0.39 is 27.8 Å². The molecule has 0 N–H and O–H groups in total. The SMILES string of the molecule is CN1C(=O)CN(c2ccc(S(=O)(=O)N(C)C)cc2OCCOc2ccccc2F)C1=O. The lowest BCUT2D eigenvalue weighted by atomic mass is 10.2. The summed E-state index contributed by atoms with van der Waals surface area (Å²) in [6.45, 7) is -0.284. The van der Waals surface area contributed by atoms with Gasteiger partial charge in [0.15, 0.2) is 11.6 Å². The largest absolute Gasteiger partial charge is 0.488 e. The number of sulfonamides is 1. The second-order valence-corrected chi connectivity index (χ2v) is 9.02. The van der Waals surface area contributed by atoms with Gasteiger partial charge in [0, 0.05) is 27.2 Å². The topological polar surface area (TPSA) is 96.5 Å². The molecule has 0 bridgehead atoms. The number of rotatable bonds is 8. The molecule has 31 heavy (non-hydrogen) atoms. The van der Waals surface area contributed by atoms with Crippen molar-refractivity contribution in [3.05, 3.63) is 48.3 Å². The molecule has 1 fully saturated rings. The van der Waals surface area contributed by atoms with E-state index in [1.165, 1.54) is 62.4 Å². The maximum Gasteiger partial charge on any atom is 0.331 e. The molecule has 0 aromatic heterocycles. The number of ether oxygens (including phenoxy) is 2. The number of para-hydroxylation sites is 1. The van der Waals surface area contributed by atoms with E-state index in [9.17, 15) is 22.4 Å². The number of anilines is 1. The fourth-order valence-electron chi connectivity index (χ4n) is 2.85. The molecule has 0 unspecified atom stereocenters. The highest BCUT2D eigenvalue weighted by Crippen LogP contribution is 2.34. The summed E-state index contributed by atoms with van der Waals surface area (Å²) in [5.41, 5.74) is 0.242. The molecule has 1 aliphatic rings. The molecular weight excluding hydrogens is 429 g/mol. The van der Waals surface area contributed by atoms with Gasteiger partial charge in [-0.15, -0.1) is 0 Å². The number of imide groups is 1. The number of carbonyl (C=O) groups excluding carboxylic acids is 2. The third kappa shape index (κ3) is 4.62. The first kappa shape index (κ1) is 22.5. The van der Waals surface area contributed by atoms with E-state index in [1.807, 2.05) is 0 Å². The van der Waals surface area contributed by atoms with Crippen LogP contribution in [0.5, 0.6) is 11.5 Å². The van der Waals surface area contributed by atoms with Crippen LogP contribution in [0.3, 0.4) is 0 Å². The molecule has 0 atom stereocenters. The second kappa shape index (κ2) is 8.90. The third-order valence-corrected chi connectivity index (χ3v) is 6.43. The minimum atomic E-state index is -3.76. The number of hydrogen-bond donors (Lipinski definition) is 0. The zero-order valence-corrected chi connectivity index (χ0v) is 18.1. The van der Waals surface area contributed by atoms with E-state index in [0.29, 0.717) is 0 Å². The smallest absolute Gasteiger partial charge is 0.331 e. The van der Waals surface area contributed by atoms with Gasteiger partial charge in [0.05, 0.1) is 10.6 Å². The Morgan fingerprint density at radius 3 is 2.26 bits per heavy atom. The minimum absolute atomic E-state index is 0.0299. The Labute approximate surface area is 179 Å². The number of likely N-dealkylation sites (N-methyl/N-ethyl adjacent to an activating group) is 1. The van der Waals surface area contributed by atoms with Gasteiger partial charge in [-0.25, -0.2) is 21.9 Å². The van der Waals surface area contributed by atoms with Crippen molar-refractivity contribution in [2.75, 3.05) is 45.8 Å². The van der Waals surface area contributed by atoms with E-state index in [4.69, 9.17) is 9.47 Å². The molecule has 2 aromatic carbocycles. The average molecular weight is 451 g/mol. The van der Waals surface area contributed by atoms with Crippen LogP contribution < -0.4 is 14.4 Å². The number of halogens is 1. The summed E-state index contributed by atoms with van der Waals surface area (Å²) >= 11 is 0. The second-order valence-electron chi connectivity index (χ2n) is 6.87. The number of nitrogens with zero attached hydrogens (tertiary/aromatic N) is 3. The van der Waals surface area contributed by atoms with Crippen molar-refractivity contribution in [2.24, 2.45) is 0 Å². The first-order chi connectivity index (χ1) is 14.6. The fourth-order valence-corrected chi connectivity index (χ4v) is 3.77. The molecule has 2 aromatic rings. The first-order valence-electron chi connectivity index (χ1n) is 9.27. The van der Waals surface area contributed by atoms with E-state index in [1.54, 1.807) is 6.07 Å². The van der Waals surface area contributed by atoms with Crippen molar-refractivity contribution < 1.29 is 31.9 Å². The van der Waals surface area contributed by atoms with Crippen LogP contribution in [0.25, 0.3) is 0 Å². The predicted molar refractivity (Wildman–Crippen MR) is 110 cm³/mol. The Kier molecular flexibility index (Phi) is 6.46. The molecule has 1 saturated heterocycles. The summed E-state index contributed by atoms with van der Waals surface area (Å²) < 4.78 is 50.7. The number of hydrogen-bond acceptors (Lipinski definition) is 6. The van der Waals surface area contributed by atoms with Gasteiger partial charge in [-0.3, -0.25) is 14.6 Å². The summed E-state index contributed by atoms with van der Waals surface area (Å²) in [4.78, 5) is 26.4. The van der Waals surface area contributed by atoms with Crippen LogP contribution in [-0.4, -0.2) is 70.5 Å². The Bertz CT molecular complexity index is 1110. The normalized spacial score (nSPS) is 14.5. The standard InChI is InChI=1S/C20H22FN3O6S/c1-22(2)31(27,28)14-8-9-16(24-13-19(25)23(3)20(24)26)18(12-14)30-11-10-29-17-7-5-4-6-15(17)21/h4-9,12H,10-11,13H2,1-3H3. The number of benzene rings is 2. The number of carbonyl (C=O) groups is 2. The van der Waals surface area contributed by atoms with Crippen molar-refractivity contribution in [3.8, 4) is 11.5 Å². The van der Waals surface area contributed by atoms with Gasteiger partial charge in [0.25, 0.3) is 0 Å². The number of urea groups is 1. The van der Waals surface area contributed by atoms with Gasteiger partial charge in [0.2, 0.25) is 15.9 Å². The van der Waals surface area contributed by atoms with Crippen LogP contribution >= 0.6 is 0 Å². The predicted octanol–water partition coefficient (Wildman–Crippen LogP) is 1.93. The fraction of sp³-hybridized carbons (Fsp3) is 0.300. The Balaban J connectivity index is 1.85. The summed E-state index contributed by atoms with van der Waals surface area (Å²) in [5.74, 6) is -0.788. The monoisotopic (exact) mass is 451 g/mol. The van der Waals surface area contributed by atoms with Gasteiger partial charge >= 0.3 is 6.03 Å². The molecule has 0 saturated carbocycles. The van der Waals surface area contributed by atoms with E-state index in [-0.39, 0.29) is 41.8 Å². The summed E-state index contributed by atoms with van der Waals surface area (Å²) in [6, 6.07) is 9.36. The zero-order chi connectivity index (χ0) is 22.8. The van der Waals surface area contributed by atoms with Crippen LogP contribution in [0.1, 0.15) is 0 Å². The molecule has 1 heterocycles. The maximum absolute atomic E-state index is 13.7. The molecule has 11 heteroatoms. The van der Waals surface area contributed by atoms with Gasteiger partial charge in [-0.1, -0.05) is 12.1 Å². The third-order valence-electron chi connectivity index (χ3n) is 4.62. The highest BCUT2D eigenvalue weighted by molar-refractivity contribution is 7.89. The molecule has 9 nitrogen and oxygen atoms in total. The molecule has 0 spiro atoms. The molecule has 1 aliphatic heterocycles. The zero-order valence-electron chi connectivity index (χ0n) is 17.2. The van der Waals surface area contributed by atoms with E-state index in [2.05, 4.69) is 0 Å². The highest BCUT2D eigenvalue weighted by atomic mass is 32.2. The lowest BCUT2D eigenvalue weighted by molar-refractivity contribution is -0.123. The summed E-state index contributed by atoms with van der Waals surface area (Å²) in [6.07, 6.45) is 0. The van der Waals surface area contributed by atoms with Crippen LogP contribution in [0, 0.1) is 5.82 Å². The molecule has 0 aliphatic carbocycles. The van der Waals surface area contributed by atoms with Crippen LogP contribution in [0.4, 0.5) is 14.9 Å². The number of amides is 3. The van der Waals surface area contributed by atoms with Crippen molar-refractivity contribution in [1.82, 2.24) is 9.21 Å². The minimum Gasteiger partial charge on any atom is -0.488 e. The quantitative estimate of drug-likeness (QED) is 0.450. The maximum atomic E-state index is 13.7. The van der Waals surface area contributed by atoms with Crippen molar-refractivity contribution in [1.29, 1.82) is 0 Å². The van der Waals surface area contributed by atoms with Gasteiger partial charge in [-0.05, 0) is 24.3 Å². The van der Waals surface area contributed by atoms with Crippen LogP contribution in [0.15, 0.2) is 47.4 Å². The highest BCUT2D eigenvalue weighted by Gasteiger charge is 2.36. The molecule has 3 rings (SSSR count). The van der Waals surface area contributed by atoms with E-state index >= 15 is 0 Å². The van der Waals surface area contributed by atoms with E-state index in [0.717, 1.165) is 9.21 Å². The van der Waals surface area contributed by atoms with Gasteiger partial charge < -0.3 is 9.47 Å². The van der Waals surface area contributed by atoms with Crippen LogP contribution in [0.2, 0.25) is 0 Å². The lowest BCUT2D eigenvalue weighted by Crippen LogP contribution is -2.30. The Hall–Kier alpha value is -3.18. The van der Waals surface area contributed by atoms with Crippen molar-refractivity contribution in [2.45, 2.75) is 4.90 Å². The lowest BCUT2D eigenvalue weighted by Gasteiger charge is -2.21. The van der Waals surface area contributed by atoms with Crippen molar-refractivity contribution in [3.63, 3.8) is 0 Å². The molecule has 0 radical (unpaired) electrons. The molecule has 166 valence electrons. The molecular formula is C20H22FN3O6S. The van der Waals surface area contributed by atoms with Gasteiger partial charge in [-0.2, -0.15) is 0 Å². The first-order valence-corrected chi connectivity index (χ1v) is 10.7. The summed E-state index contributed by atoms with van der Waals surface area (Å²) in [7, 11) is 0.382. The summed E-state index contributed by atoms with van der Waals surface area (Å²) in [5, 5.41) is 0. The average Bonchev–Trinajstić information content (AvgIpc) is 2.99. The Morgan fingerprint density at radius 2 is 1.68 bits per heavy atom. The van der Waals surface area contributed by atoms with Crippen LogP contribution in [-0.2, 0) is 14.8 Å². The van der Waals surface area contributed by atoms with Gasteiger partial charge in [0.1, 0.15) is 25.5 Å². The molecule has 3 amide bonds.